The Labute approximate surface area is 388 Å². The molecule has 0 spiro atoms. The van der Waals surface area contributed by atoms with Crippen LogP contribution in [0.4, 0.5) is 28.8 Å². The molecule has 65 heavy (non-hydrogen) atoms. The number of nitrogens with one attached hydrogen (secondary N) is 3. The zero-order valence-corrected chi connectivity index (χ0v) is 40.2. The third kappa shape index (κ3) is 9.77. The number of rotatable bonds is 13. The van der Waals surface area contributed by atoms with Crippen LogP contribution in [-0.2, 0) is 27.0 Å². The number of amides is 2. The van der Waals surface area contributed by atoms with Crippen LogP contribution >= 0.6 is 23.1 Å². The van der Waals surface area contributed by atoms with Gasteiger partial charge in [-0.2, -0.15) is 4.98 Å². The first-order chi connectivity index (χ1) is 31.3. The molecule has 17 heteroatoms. The number of hydrogen-bond donors (Lipinski definition) is 3. The molecule has 9 rings (SSSR count). The van der Waals surface area contributed by atoms with E-state index in [1.54, 1.807) is 26.6 Å². The van der Waals surface area contributed by atoms with E-state index in [1.807, 2.05) is 47.9 Å². The third-order valence-corrected chi connectivity index (χ3v) is 15.3. The standard InChI is InChI=1S/C48H57BrN11O4P/c1-6-32-25-39(54-48-50-27-36(49)46(56-48)53-38-12-11-37-34(9-7-30(2)51-37)45(38)65(4,5)63)42(64-3)26-41(32)59-19-16-33(17-20-59)58-23-21-57(22-24-58)18-15-31-8-13-43-52-40(29-60(43)28-31)35-10-14-44(61)55-47(35)62/h7-9,11-13,25-29,33,35H,6,10,14-24H2,1-5H3,(H,55,61,62)(H2,50,53,54,56). The SMILES string of the molecule is CCc1cc(Nc2ncc(Br)c(Nc3ccc4nc(C)ccc4c3P(C)(C)=O)n2)c(OC)cc1N1CCC(N2CCN(CCc3ccc4nc(C5CCC(=O)NC5=O)cn4c3)CC2)CC1. The smallest absolute Gasteiger partial charge is 0.235 e. The van der Waals surface area contributed by atoms with Crippen molar-refractivity contribution in [1.82, 2.24) is 39.5 Å². The molecule has 0 saturated carbocycles. The monoisotopic (exact) mass is 961 g/mol. The van der Waals surface area contributed by atoms with Crippen molar-refractivity contribution in [3.8, 4) is 5.75 Å². The van der Waals surface area contributed by atoms with Crippen molar-refractivity contribution >= 4 is 85.6 Å². The number of carbonyl (C=O) groups is 2. The van der Waals surface area contributed by atoms with Crippen molar-refractivity contribution in [2.24, 2.45) is 0 Å². The molecule has 3 aliphatic rings. The summed E-state index contributed by atoms with van der Waals surface area (Å²) < 4.78 is 22.3. The van der Waals surface area contributed by atoms with Crippen molar-refractivity contribution in [3.63, 3.8) is 0 Å². The van der Waals surface area contributed by atoms with Crippen LogP contribution in [0, 0.1) is 6.92 Å². The maximum Gasteiger partial charge on any atom is 0.235 e. The summed E-state index contributed by atoms with van der Waals surface area (Å²) in [6.45, 7) is 14.9. The van der Waals surface area contributed by atoms with E-state index in [0.29, 0.717) is 40.8 Å². The van der Waals surface area contributed by atoms with Gasteiger partial charge < -0.3 is 34.1 Å². The van der Waals surface area contributed by atoms with Crippen LogP contribution in [0.1, 0.15) is 61.0 Å². The normalized spacial score (nSPS) is 18.1. The molecule has 0 aliphatic carbocycles. The predicted molar refractivity (Wildman–Crippen MR) is 262 cm³/mol. The number of aromatic nitrogens is 5. The van der Waals surface area contributed by atoms with Crippen molar-refractivity contribution < 1.29 is 18.9 Å². The number of nitrogens with zero attached hydrogens (tertiary/aromatic N) is 8. The van der Waals surface area contributed by atoms with Crippen molar-refractivity contribution in [3.05, 3.63) is 94.1 Å². The second-order valence-electron chi connectivity index (χ2n) is 17.8. The number of benzene rings is 2. The first-order valence-electron chi connectivity index (χ1n) is 22.6. The van der Waals surface area contributed by atoms with Crippen LogP contribution in [0.5, 0.6) is 5.75 Å². The summed E-state index contributed by atoms with van der Waals surface area (Å²) in [4.78, 5) is 50.6. The van der Waals surface area contributed by atoms with Crippen LogP contribution in [0.15, 0.2) is 71.6 Å². The second-order valence-corrected chi connectivity index (χ2v) is 21.8. The largest absolute Gasteiger partial charge is 0.494 e. The first-order valence-corrected chi connectivity index (χ1v) is 26.0. The van der Waals surface area contributed by atoms with Crippen LogP contribution < -0.4 is 30.9 Å². The minimum Gasteiger partial charge on any atom is -0.494 e. The lowest BCUT2D eigenvalue weighted by Gasteiger charge is -2.43. The van der Waals surface area contributed by atoms with Gasteiger partial charge in [0.15, 0.2) is 0 Å². The van der Waals surface area contributed by atoms with E-state index < -0.39 is 7.14 Å². The topological polar surface area (TPSA) is 162 Å². The van der Waals surface area contributed by atoms with Gasteiger partial charge in [0, 0.05) is 105 Å². The van der Waals surface area contributed by atoms with E-state index in [0.717, 1.165) is 116 Å². The summed E-state index contributed by atoms with van der Waals surface area (Å²) in [7, 11) is -1.03. The number of piperidine rings is 2. The van der Waals surface area contributed by atoms with Crippen LogP contribution in [0.2, 0.25) is 0 Å². The number of carbonyl (C=O) groups excluding carboxylic acids is 2. The molecule has 15 nitrogen and oxygen atoms in total. The van der Waals surface area contributed by atoms with Crippen molar-refractivity contribution in [1.29, 1.82) is 0 Å². The molecule has 1 unspecified atom stereocenters. The lowest BCUT2D eigenvalue weighted by molar-refractivity contribution is -0.134. The predicted octanol–water partition coefficient (Wildman–Crippen LogP) is 7.40. The zero-order chi connectivity index (χ0) is 45.4. The highest BCUT2D eigenvalue weighted by atomic mass is 79.9. The summed E-state index contributed by atoms with van der Waals surface area (Å²) in [5.41, 5.74) is 8.41. The summed E-state index contributed by atoms with van der Waals surface area (Å²) in [5.74, 6) is 0.812. The van der Waals surface area contributed by atoms with Crippen molar-refractivity contribution in [2.45, 2.75) is 64.3 Å². The minimum atomic E-state index is -2.72. The molecule has 3 N–H and O–H groups in total. The average Bonchev–Trinajstić information content (AvgIpc) is 3.72. The van der Waals surface area contributed by atoms with Gasteiger partial charge >= 0.3 is 0 Å². The van der Waals surface area contributed by atoms with Gasteiger partial charge in [0.05, 0.1) is 40.1 Å². The number of hydrogen-bond acceptors (Lipinski definition) is 13. The lowest BCUT2D eigenvalue weighted by atomic mass is 9.95. The highest BCUT2D eigenvalue weighted by Crippen LogP contribution is 2.42. The Morgan fingerprint density at radius 1 is 0.908 bits per heavy atom. The number of methoxy groups -OCH3 is 1. The first kappa shape index (κ1) is 44.8. The molecule has 3 aliphatic heterocycles. The molecule has 0 bridgehead atoms. The molecule has 4 aromatic heterocycles. The van der Waals surface area contributed by atoms with E-state index in [2.05, 4.69) is 92.9 Å². The van der Waals surface area contributed by atoms with E-state index in [9.17, 15) is 14.2 Å². The summed E-state index contributed by atoms with van der Waals surface area (Å²) in [5, 5.41) is 10.9. The molecule has 7 heterocycles. The highest BCUT2D eigenvalue weighted by molar-refractivity contribution is 9.10. The fourth-order valence-electron chi connectivity index (χ4n) is 9.65. The fourth-order valence-corrected chi connectivity index (χ4v) is 11.4. The molecule has 2 aromatic carbocycles. The number of aryl methyl sites for hydroxylation is 2. The molecule has 1 atom stereocenters. The van der Waals surface area contributed by atoms with Gasteiger partial charge in [-0.05, 0) is 110 Å². The Bertz CT molecular complexity index is 2810. The lowest BCUT2D eigenvalue weighted by Crippen LogP contribution is -2.53. The Morgan fingerprint density at radius 3 is 2.45 bits per heavy atom. The number of fused-ring (bicyclic) bond motifs is 2. The molecule has 3 saturated heterocycles. The molecule has 2 amide bonds. The molecular formula is C48H57BrN11O4P. The van der Waals surface area contributed by atoms with E-state index >= 15 is 0 Å². The quantitative estimate of drug-likeness (QED) is 0.0777. The number of imidazole rings is 1. The van der Waals surface area contributed by atoms with Gasteiger partial charge in [0.2, 0.25) is 17.8 Å². The van der Waals surface area contributed by atoms with Gasteiger partial charge in [0.1, 0.15) is 24.4 Å². The number of imide groups is 1. The van der Waals surface area contributed by atoms with Gasteiger partial charge in [-0.1, -0.05) is 19.1 Å². The molecule has 0 radical (unpaired) electrons. The fraction of sp³-hybridized carbons (Fsp3) is 0.417. The summed E-state index contributed by atoms with van der Waals surface area (Å²) in [6, 6.07) is 16.8. The van der Waals surface area contributed by atoms with E-state index in [-0.39, 0.29) is 17.7 Å². The number of halogens is 1. The number of pyridine rings is 2. The summed E-state index contributed by atoms with van der Waals surface area (Å²) in [6.07, 6.45) is 10.6. The zero-order valence-electron chi connectivity index (χ0n) is 37.7. The molecule has 3 fully saturated rings. The van der Waals surface area contributed by atoms with Crippen LogP contribution in [-0.4, -0.2) is 118 Å². The van der Waals surface area contributed by atoms with Gasteiger partial charge in [-0.15, -0.1) is 0 Å². The molecule has 6 aromatic rings. The van der Waals surface area contributed by atoms with Gasteiger partial charge in [-0.25, -0.2) is 9.97 Å². The Balaban J connectivity index is 0.799. The van der Waals surface area contributed by atoms with E-state index in [1.165, 1.54) is 16.8 Å². The number of ether oxygens (including phenoxy) is 1. The Morgan fingerprint density at radius 2 is 1.71 bits per heavy atom. The van der Waals surface area contributed by atoms with Gasteiger partial charge in [0.25, 0.3) is 0 Å². The summed E-state index contributed by atoms with van der Waals surface area (Å²) >= 11 is 3.63. The Hall–Kier alpha value is -5.41. The van der Waals surface area contributed by atoms with Gasteiger partial charge in [-0.3, -0.25) is 24.8 Å². The van der Waals surface area contributed by atoms with E-state index in [4.69, 9.17) is 9.72 Å². The maximum atomic E-state index is 13.7. The molecular weight excluding hydrogens is 905 g/mol. The minimum absolute atomic E-state index is 0.211. The average molecular weight is 963 g/mol. The third-order valence-electron chi connectivity index (χ3n) is 13.1. The Kier molecular flexibility index (Phi) is 13.0. The maximum absolute atomic E-state index is 13.7. The number of piperazine rings is 1. The van der Waals surface area contributed by atoms with Crippen molar-refractivity contribution in [2.75, 3.05) is 81.8 Å². The number of anilines is 5. The highest BCUT2D eigenvalue weighted by Gasteiger charge is 2.31. The van der Waals surface area contributed by atoms with Crippen LogP contribution in [0.3, 0.4) is 0 Å². The molecule has 340 valence electrons. The second kappa shape index (κ2) is 18.8. The van der Waals surface area contributed by atoms with Crippen LogP contribution in [0.25, 0.3) is 16.6 Å².